The van der Waals surface area contributed by atoms with E-state index in [-0.39, 0.29) is 23.3 Å². The lowest BCUT2D eigenvalue weighted by molar-refractivity contribution is -0.133. The van der Waals surface area contributed by atoms with Crippen LogP contribution in [0.25, 0.3) is 0 Å². The van der Waals surface area contributed by atoms with Crippen LogP contribution < -0.4 is 0 Å². The zero-order valence-electron chi connectivity index (χ0n) is 12.0. The second-order valence-electron chi connectivity index (χ2n) is 6.39. The van der Waals surface area contributed by atoms with E-state index in [1.807, 2.05) is 11.9 Å². The molecular weight excluding hydrogens is 262 g/mol. The summed E-state index contributed by atoms with van der Waals surface area (Å²) in [6.07, 6.45) is 5.63. The van der Waals surface area contributed by atoms with Crippen molar-refractivity contribution in [3.8, 4) is 0 Å². The lowest BCUT2D eigenvalue weighted by atomic mass is 9.86. The maximum atomic E-state index is 12.2. The molecule has 0 aromatic rings. The first kappa shape index (κ1) is 14.8. The summed E-state index contributed by atoms with van der Waals surface area (Å²) >= 11 is 0. The molecule has 110 valence electrons. The van der Waals surface area contributed by atoms with Crippen LogP contribution in [0.3, 0.4) is 0 Å². The summed E-state index contributed by atoms with van der Waals surface area (Å²) in [6.45, 7) is 2.27. The highest BCUT2D eigenvalue weighted by atomic mass is 32.2. The van der Waals surface area contributed by atoms with Gasteiger partial charge in [0, 0.05) is 19.5 Å². The van der Waals surface area contributed by atoms with Gasteiger partial charge in [-0.1, -0.05) is 6.92 Å². The Bertz CT molecular complexity index is 424. The number of hydrogen-bond acceptors (Lipinski definition) is 3. The summed E-state index contributed by atoms with van der Waals surface area (Å²) in [6, 6.07) is 0.363. The van der Waals surface area contributed by atoms with E-state index in [1.165, 1.54) is 12.8 Å². The van der Waals surface area contributed by atoms with Crippen LogP contribution in [0, 0.1) is 11.8 Å². The van der Waals surface area contributed by atoms with Crippen LogP contribution in [0.5, 0.6) is 0 Å². The average molecular weight is 287 g/mol. The number of carbonyl (C=O) groups is 1. The van der Waals surface area contributed by atoms with E-state index in [4.69, 9.17) is 0 Å². The molecule has 1 aliphatic heterocycles. The Balaban J connectivity index is 1.83. The van der Waals surface area contributed by atoms with Crippen molar-refractivity contribution >= 4 is 15.7 Å². The van der Waals surface area contributed by atoms with Crippen LogP contribution in [-0.4, -0.2) is 43.8 Å². The number of sulfone groups is 1. The Hall–Kier alpha value is -0.580. The molecule has 0 aromatic carbocycles. The molecule has 0 spiro atoms. The maximum absolute atomic E-state index is 12.2. The van der Waals surface area contributed by atoms with Gasteiger partial charge in [-0.2, -0.15) is 0 Å². The molecule has 1 saturated heterocycles. The minimum atomic E-state index is -2.87. The Kier molecular flexibility index (Phi) is 4.54. The van der Waals surface area contributed by atoms with Gasteiger partial charge < -0.3 is 4.90 Å². The van der Waals surface area contributed by atoms with Crippen LogP contribution >= 0.6 is 0 Å². The molecule has 1 amide bonds. The molecule has 5 heteroatoms. The summed E-state index contributed by atoms with van der Waals surface area (Å²) in [5.41, 5.74) is 0. The van der Waals surface area contributed by atoms with Gasteiger partial charge in [0.15, 0.2) is 9.84 Å². The van der Waals surface area contributed by atoms with Crippen LogP contribution in [0.4, 0.5) is 0 Å². The summed E-state index contributed by atoms with van der Waals surface area (Å²) in [7, 11) is -0.988. The van der Waals surface area contributed by atoms with Gasteiger partial charge in [-0.3, -0.25) is 4.79 Å². The van der Waals surface area contributed by atoms with E-state index >= 15 is 0 Å². The number of hydrogen-bond donors (Lipinski definition) is 0. The molecule has 2 aliphatic rings. The third-order valence-electron chi connectivity index (χ3n) is 4.72. The molecule has 0 aromatic heterocycles. The smallest absolute Gasteiger partial charge is 0.222 e. The number of carbonyl (C=O) groups excluding carboxylic acids is 1. The Morgan fingerprint density at radius 1 is 1.16 bits per heavy atom. The Morgan fingerprint density at radius 3 is 2.32 bits per heavy atom. The van der Waals surface area contributed by atoms with Crippen LogP contribution in [0.2, 0.25) is 0 Å². The van der Waals surface area contributed by atoms with Crippen molar-refractivity contribution in [1.29, 1.82) is 0 Å². The zero-order valence-corrected chi connectivity index (χ0v) is 12.8. The molecule has 1 atom stereocenters. The van der Waals surface area contributed by atoms with Crippen molar-refractivity contribution in [3.63, 3.8) is 0 Å². The third-order valence-corrected chi connectivity index (χ3v) is 6.55. The van der Waals surface area contributed by atoms with Gasteiger partial charge >= 0.3 is 0 Å². The zero-order chi connectivity index (χ0) is 14.0. The van der Waals surface area contributed by atoms with Gasteiger partial charge in [0.1, 0.15) is 0 Å². The second-order valence-corrected chi connectivity index (χ2v) is 8.62. The lowest BCUT2D eigenvalue weighted by Gasteiger charge is -2.34. The minimum Gasteiger partial charge on any atom is -0.343 e. The van der Waals surface area contributed by atoms with Crippen LogP contribution in [0.1, 0.15) is 45.4 Å². The standard InChI is InChI=1S/C14H25NO3S/c1-11-3-5-13(6-4-11)15(2)14(16)9-12-7-8-19(17,18)10-12/h11-13H,3-10H2,1-2H3/t11?,12-,13?/m1/s1. The third kappa shape index (κ3) is 3.94. The van der Waals surface area contributed by atoms with Crippen molar-refractivity contribution in [1.82, 2.24) is 4.90 Å². The summed E-state index contributed by atoms with van der Waals surface area (Å²) in [5, 5.41) is 0. The first-order valence-electron chi connectivity index (χ1n) is 7.33. The molecule has 0 bridgehead atoms. The normalized spacial score (nSPS) is 34.1. The van der Waals surface area contributed by atoms with Crippen molar-refractivity contribution in [3.05, 3.63) is 0 Å². The van der Waals surface area contributed by atoms with Crippen LogP contribution in [0.15, 0.2) is 0 Å². The molecule has 2 rings (SSSR count). The van der Waals surface area contributed by atoms with E-state index in [1.54, 1.807) is 0 Å². The van der Waals surface area contributed by atoms with Gasteiger partial charge in [-0.25, -0.2) is 8.42 Å². The molecule has 19 heavy (non-hydrogen) atoms. The summed E-state index contributed by atoms with van der Waals surface area (Å²) in [4.78, 5) is 14.1. The first-order chi connectivity index (χ1) is 8.87. The molecule has 1 heterocycles. The average Bonchev–Trinajstić information content (AvgIpc) is 2.68. The fourth-order valence-corrected chi connectivity index (χ4v) is 5.12. The molecule has 0 N–H and O–H groups in total. The van der Waals surface area contributed by atoms with E-state index in [2.05, 4.69) is 6.92 Å². The molecule has 0 unspecified atom stereocenters. The molecule has 0 radical (unpaired) electrons. The minimum absolute atomic E-state index is 0.0439. The number of nitrogens with zero attached hydrogens (tertiary/aromatic N) is 1. The van der Waals surface area contributed by atoms with Crippen molar-refractivity contribution in [2.24, 2.45) is 11.8 Å². The Labute approximate surface area is 116 Å². The Morgan fingerprint density at radius 2 is 1.79 bits per heavy atom. The molecule has 2 fully saturated rings. The van der Waals surface area contributed by atoms with Gasteiger partial charge in [0.05, 0.1) is 11.5 Å². The van der Waals surface area contributed by atoms with Crippen molar-refractivity contribution in [2.45, 2.75) is 51.5 Å². The first-order valence-corrected chi connectivity index (χ1v) is 9.15. The van der Waals surface area contributed by atoms with Gasteiger partial charge in [0.2, 0.25) is 5.91 Å². The lowest BCUT2D eigenvalue weighted by Crippen LogP contribution is -2.40. The van der Waals surface area contributed by atoms with Gasteiger partial charge in [-0.15, -0.1) is 0 Å². The largest absolute Gasteiger partial charge is 0.343 e. The topological polar surface area (TPSA) is 54.5 Å². The van der Waals surface area contributed by atoms with E-state index < -0.39 is 9.84 Å². The quantitative estimate of drug-likeness (QED) is 0.796. The SMILES string of the molecule is CC1CCC(N(C)C(=O)C[C@H]2CCS(=O)(=O)C2)CC1. The highest BCUT2D eigenvalue weighted by Gasteiger charge is 2.32. The molecule has 1 aliphatic carbocycles. The maximum Gasteiger partial charge on any atom is 0.222 e. The number of rotatable bonds is 3. The molecule has 1 saturated carbocycles. The van der Waals surface area contributed by atoms with E-state index in [0.29, 0.717) is 18.9 Å². The van der Waals surface area contributed by atoms with Gasteiger partial charge in [-0.05, 0) is 43.9 Å². The fourth-order valence-electron chi connectivity index (χ4n) is 3.26. The predicted molar refractivity (Wildman–Crippen MR) is 75.6 cm³/mol. The van der Waals surface area contributed by atoms with Crippen molar-refractivity contribution in [2.75, 3.05) is 18.6 Å². The van der Waals surface area contributed by atoms with Crippen molar-refractivity contribution < 1.29 is 13.2 Å². The molecular formula is C14H25NO3S. The molecule has 4 nitrogen and oxygen atoms in total. The van der Waals surface area contributed by atoms with Crippen LogP contribution in [-0.2, 0) is 14.6 Å². The fraction of sp³-hybridized carbons (Fsp3) is 0.929. The summed E-state index contributed by atoms with van der Waals surface area (Å²) < 4.78 is 22.8. The highest BCUT2D eigenvalue weighted by molar-refractivity contribution is 7.91. The van der Waals surface area contributed by atoms with E-state index in [0.717, 1.165) is 18.8 Å². The second kappa shape index (κ2) is 5.81. The predicted octanol–water partition coefficient (Wildman–Crippen LogP) is 1.85. The monoisotopic (exact) mass is 287 g/mol. The number of amides is 1. The summed E-state index contributed by atoms with van der Waals surface area (Å²) in [5.74, 6) is 1.41. The highest BCUT2D eigenvalue weighted by Crippen LogP contribution is 2.28. The van der Waals surface area contributed by atoms with E-state index in [9.17, 15) is 13.2 Å². The van der Waals surface area contributed by atoms with Gasteiger partial charge in [0.25, 0.3) is 0 Å².